The summed E-state index contributed by atoms with van der Waals surface area (Å²) in [6.07, 6.45) is 4.73. The lowest BCUT2D eigenvalue weighted by molar-refractivity contribution is 0.165. The number of aliphatic hydroxyl groups is 1. The molecule has 0 bridgehead atoms. The van der Waals surface area contributed by atoms with Gasteiger partial charge in [-0.1, -0.05) is 13.3 Å². The third-order valence-corrected chi connectivity index (χ3v) is 1.82. The quantitative estimate of drug-likeness (QED) is 0.725. The van der Waals surface area contributed by atoms with Crippen LogP contribution in [-0.2, 0) is 0 Å². The van der Waals surface area contributed by atoms with E-state index in [1.807, 2.05) is 6.92 Å². The lowest BCUT2D eigenvalue weighted by Gasteiger charge is -2.06. The fraction of sp³-hybridized carbons (Fsp3) is 0.556. The van der Waals surface area contributed by atoms with Crippen molar-refractivity contribution in [1.29, 1.82) is 0 Å². The monoisotopic (exact) mass is 154 g/mol. The summed E-state index contributed by atoms with van der Waals surface area (Å²) >= 11 is 0. The van der Waals surface area contributed by atoms with E-state index in [0.29, 0.717) is 0 Å². The first-order chi connectivity index (χ1) is 5.25. The highest BCUT2D eigenvalue weighted by Crippen LogP contribution is 2.21. The zero-order valence-corrected chi connectivity index (χ0v) is 7.00. The van der Waals surface area contributed by atoms with Crippen LogP contribution in [0.2, 0.25) is 0 Å². The second-order valence-corrected chi connectivity index (χ2v) is 2.81. The highest BCUT2D eigenvalue weighted by Gasteiger charge is 2.10. The molecule has 11 heavy (non-hydrogen) atoms. The largest absolute Gasteiger partial charge is 0.472 e. The molecule has 0 aliphatic carbocycles. The Morgan fingerprint density at radius 1 is 1.55 bits per heavy atom. The predicted molar refractivity (Wildman–Crippen MR) is 43.3 cm³/mol. The van der Waals surface area contributed by atoms with E-state index in [9.17, 15) is 5.11 Å². The van der Waals surface area contributed by atoms with Crippen LogP contribution >= 0.6 is 0 Å². The minimum atomic E-state index is -0.348. The van der Waals surface area contributed by atoms with Gasteiger partial charge in [-0.15, -0.1) is 0 Å². The molecule has 0 saturated heterocycles. The molecule has 1 aromatic heterocycles. The zero-order valence-electron chi connectivity index (χ0n) is 7.00. The van der Waals surface area contributed by atoms with Crippen LogP contribution in [0.3, 0.4) is 0 Å². The molecule has 1 N–H and O–H groups in total. The van der Waals surface area contributed by atoms with E-state index in [0.717, 1.165) is 24.0 Å². The van der Waals surface area contributed by atoms with Gasteiger partial charge in [0.2, 0.25) is 0 Å². The molecule has 0 fully saturated rings. The van der Waals surface area contributed by atoms with Crippen molar-refractivity contribution in [2.75, 3.05) is 0 Å². The first-order valence-electron chi connectivity index (χ1n) is 3.96. The Balaban J connectivity index is 2.67. The second-order valence-electron chi connectivity index (χ2n) is 2.81. The van der Waals surface area contributed by atoms with Crippen molar-refractivity contribution in [3.8, 4) is 0 Å². The van der Waals surface area contributed by atoms with Gasteiger partial charge in [-0.2, -0.15) is 0 Å². The number of aryl methyl sites for hydroxylation is 1. The highest BCUT2D eigenvalue weighted by molar-refractivity contribution is 5.21. The first kappa shape index (κ1) is 8.34. The maximum Gasteiger partial charge on any atom is 0.0963 e. The standard InChI is InChI=1S/C9H14O2/c1-3-4-9(10)8-6-11-5-7(8)2/h5-6,9-10H,3-4H2,1-2H3. The van der Waals surface area contributed by atoms with Crippen molar-refractivity contribution < 1.29 is 9.52 Å². The Labute approximate surface area is 66.8 Å². The molecule has 1 unspecified atom stereocenters. The van der Waals surface area contributed by atoms with Crippen LogP contribution in [-0.4, -0.2) is 5.11 Å². The van der Waals surface area contributed by atoms with E-state index in [1.165, 1.54) is 0 Å². The lowest BCUT2D eigenvalue weighted by Crippen LogP contribution is -1.95. The fourth-order valence-electron chi connectivity index (χ4n) is 1.14. The van der Waals surface area contributed by atoms with Gasteiger partial charge in [-0.3, -0.25) is 0 Å². The summed E-state index contributed by atoms with van der Waals surface area (Å²) in [4.78, 5) is 0. The van der Waals surface area contributed by atoms with Gasteiger partial charge in [0, 0.05) is 5.56 Å². The van der Waals surface area contributed by atoms with E-state index >= 15 is 0 Å². The van der Waals surface area contributed by atoms with Crippen LogP contribution < -0.4 is 0 Å². The maximum atomic E-state index is 9.53. The van der Waals surface area contributed by atoms with Gasteiger partial charge in [-0.05, 0) is 18.9 Å². The molecule has 0 amide bonds. The van der Waals surface area contributed by atoms with Gasteiger partial charge in [0.15, 0.2) is 0 Å². The third-order valence-electron chi connectivity index (χ3n) is 1.82. The number of hydrogen-bond acceptors (Lipinski definition) is 2. The van der Waals surface area contributed by atoms with Crippen molar-refractivity contribution in [1.82, 2.24) is 0 Å². The average molecular weight is 154 g/mol. The maximum absolute atomic E-state index is 9.53. The third kappa shape index (κ3) is 1.84. The van der Waals surface area contributed by atoms with Gasteiger partial charge >= 0.3 is 0 Å². The van der Waals surface area contributed by atoms with Crippen molar-refractivity contribution in [3.05, 3.63) is 23.7 Å². The Kier molecular flexibility index (Phi) is 2.71. The van der Waals surface area contributed by atoms with Gasteiger partial charge in [0.05, 0.1) is 18.6 Å². The molecular formula is C9H14O2. The Morgan fingerprint density at radius 2 is 2.27 bits per heavy atom. The van der Waals surface area contributed by atoms with Gasteiger partial charge in [0.25, 0.3) is 0 Å². The van der Waals surface area contributed by atoms with Gasteiger partial charge in [0.1, 0.15) is 0 Å². The molecule has 62 valence electrons. The first-order valence-corrected chi connectivity index (χ1v) is 3.96. The topological polar surface area (TPSA) is 33.4 Å². The van der Waals surface area contributed by atoms with E-state index in [1.54, 1.807) is 12.5 Å². The smallest absolute Gasteiger partial charge is 0.0963 e. The fourth-order valence-corrected chi connectivity index (χ4v) is 1.14. The molecule has 0 aliphatic heterocycles. The summed E-state index contributed by atoms with van der Waals surface area (Å²) in [5.74, 6) is 0. The number of furan rings is 1. The van der Waals surface area contributed by atoms with E-state index < -0.39 is 0 Å². The zero-order chi connectivity index (χ0) is 8.27. The van der Waals surface area contributed by atoms with Crippen LogP contribution in [0.15, 0.2) is 16.9 Å². The van der Waals surface area contributed by atoms with Crippen LogP contribution in [0.4, 0.5) is 0 Å². The molecule has 0 aliphatic rings. The summed E-state index contributed by atoms with van der Waals surface area (Å²) in [7, 11) is 0. The van der Waals surface area contributed by atoms with Gasteiger partial charge in [-0.25, -0.2) is 0 Å². The number of aliphatic hydroxyl groups excluding tert-OH is 1. The Hall–Kier alpha value is -0.760. The van der Waals surface area contributed by atoms with E-state index in [2.05, 4.69) is 6.92 Å². The van der Waals surface area contributed by atoms with Gasteiger partial charge < -0.3 is 9.52 Å². The molecule has 1 rings (SSSR count). The molecule has 0 saturated carbocycles. The van der Waals surface area contributed by atoms with E-state index in [-0.39, 0.29) is 6.10 Å². The van der Waals surface area contributed by atoms with Crippen LogP contribution in [0.25, 0.3) is 0 Å². The van der Waals surface area contributed by atoms with E-state index in [4.69, 9.17) is 4.42 Å². The lowest BCUT2D eigenvalue weighted by atomic mass is 10.1. The number of rotatable bonds is 3. The molecule has 1 aromatic rings. The second kappa shape index (κ2) is 3.58. The molecular weight excluding hydrogens is 140 g/mol. The molecule has 2 nitrogen and oxygen atoms in total. The SMILES string of the molecule is CCCC(O)c1cocc1C. The summed E-state index contributed by atoms with van der Waals surface area (Å²) in [5, 5.41) is 9.53. The normalized spacial score (nSPS) is 13.4. The summed E-state index contributed by atoms with van der Waals surface area (Å²) in [5.41, 5.74) is 1.96. The summed E-state index contributed by atoms with van der Waals surface area (Å²) in [6, 6.07) is 0. The van der Waals surface area contributed by atoms with Crippen molar-refractivity contribution in [3.63, 3.8) is 0 Å². The average Bonchev–Trinajstić information content (AvgIpc) is 2.36. The molecule has 0 spiro atoms. The van der Waals surface area contributed by atoms with Crippen molar-refractivity contribution in [2.45, 2.75) is 32.8 Å². The summed E-state index contributed by atoms with van der Waals surface area (Å²) in [6.45, 7) is 4.00. The summed E-state index contributed by atoms with van der Waals surface area (Å²) < 4.78 is 4.95. The molecule has 0 aromatic carbocycles. The Morgan fingerprint density at radius 3 is 2.73 bits per heavy atom. The molecule has 2 heteroatoms. The van der Waals surface area contributed by atoms with Crippen LogP contribution in [0, 0.1) is 6.92 Å². The van der Waals surface area contributed by atoms with Crippen molar-refractivity contribution in [2.24, 2.45) is 0 Å². The minimum Gasteiger partial charge on any atom is -0.472 e. The van der Waals surface area contributed by atoms with Crippen molar-refractivity contribution >= 4 is 0 Å². The van der Waals surface area contributed by atoms with Crippen LogP contribution in [0.5, 0.6) is 0 Å². The highest BCUT2D eigenvalue weighted by atomic mass is 16.3. The van der Waals surface area contributed by atoms with Crippen LogP contribution in [0.1, 0.15) is 37.0 Å². The minimum absolute atomic E-state index is 0.348. The predicted octanol–water partition coefficient (Wildman–Crippen LogP) is 2.42. The molecule has 0 radical (unpaired) electrons. The number of hydrogen-bond donors (Lipinski definition) is 1. The Bertz CT molecular complexity index is 215. The molecule has 1 atom stereocenters. The molecule has 1 heterocycles.